The lowest BCUT2D eigenvalue weighted by molar-refractivity contribution is 0.426. The van der Waals surface area contributed by atoms with Crippen LogP contribution in [0.3, 0.4) is 0 Å². The van der Waals surface area contributed by atoms with E-state index in [9.17, 15) is 0 Å². The maximum atomic E-state index is 5.20. The maximum absolute atomic E-state index is 5.20. The van der Waals surface area contributed by atoms with E-state index in [0.29, 0.717) is 5.33 Å². The zero-order valence-electron chi connectivity index (χ0n) is 7.99. The molecule has 0 saturated carbocycles. The van der Waals surface area contributed by atoms with E-state index in [1.807, 2.05) is 26.2 Å². The maximum Gasteiger partial charge on any atom is 0.170 e. The van der Waals surface area contributed by atoms with Gasteiger partial charge in [0.1, 0.15) is 0 Å². The van der Waals surface area contributed by atoms with Crippen molar-refractivity contribution in [2.75, 3.05) is 0 Å². The summed E-state index contributed by atoms with van der Waals surface area (Å²) in [6.07, 6.45) is 1.92. The molecule has 0 aromatic carbocycles. The molecule has 0 bridgehead atoms. The third kappa shape index (κ3) is 1.59. The Labute approximate surface area is 90.0 Å². The molecular weight excluding hydrogens is 246 g/mol. The van der Waals surface area contributed by atoms with Gasteiger partial charge in [-0.1, -0.05) is 21.1 Å². The molecule has 2 aromatic rings. The van der Waals surface area contributed by atoms with Gasteiger partial charge in [-0.25, -0.2) is 0 Å². The first-order valence-corrected chi connectivity index (χ1v) is 5.35. The van der Waals surface area contributed by atoms with Crippen LogP contribution in [0.1, 0.15) is 11.4 Å². The van der Waals surface area contributed by atoms with Crippen LogP contribution in [0.5, 0.6) is 0 Å². The molecule has 0 aliphatic heterocycles. The summed E-state index contributed by atoms with van der Waals surface area (Å²) < 4.78 is 6.97. The highest BCUT2D eigenvalue weighted by molar-refractivity contribution is 9.08. The molecule has 0 aliphatic carbocycles. The van der Waals surface area contributed by atoms with Crippen LogP contribution in [0.25, 0.3) is 11.3 Å². The summed E-state index contributed by atoms with van der Waals surface area (Å²) in [6, 6.07) is 1.92. The van der Waals surface area contributed by atoms with E-state index < -0.39 is 0 Å². The van der Waals surface area contributed by atoms with E-state index in [-0.39, 0.29) is 0 Å². The SMILES string of the molecule is Cc1nn(C)cc1-c1cc(CBr)no1. The van der Waals surface area contributed by atoms with Crippen LogP contribution in [0, 0.1) is 6.92 Å². The summed E-state index contributed by atoms with van der Waals surface area (Å²) in [7, 11) is 1.89. The van der Waals surface area contributed by atoms with Gasteiger partial charge >= 0.3 is 0 Å². The molecule has 0 spiro atoms. The molecule has 0 amide bonds. The molecule has 2 rings (SSSR count). The summed E-state index contributed by atoms with van der Waals surface area (Å²) in [5.41, 5.74) is 2.83. The van der Waals surface area contributed by atoms with Crippen LogP contribution in [0.2, 0.25) is 0 Å². The quantitative estimate of drug-likeness (QED) is 0.774. The Bertz CT molecular complexity index is 447. The molecule has 5 heteroatoms. The fraction of sp³-hybridized carbons (Fsp3) is 0.333. The zero-order valence-corrected chi connectivity index (χ0v) is 9.58. The first-order chi connectivity index (χ1) is 6.70. The number of nitrogens with zero attached hydrogens (tertiary/aromatic N) is 3. The summed E-state index contributed by atoms with van der Waals surface area (Å²) >= 11 is 3.32. The molecule has 2 aromatic heterocycles. The minimum atomic E-state index is 0.704. The Balaban J connectivity index is 2.43. The summed E-state index contributed by atoms with van der Waals surface area (Å²) in [4.78, 5) is 0. The van der Waals surface area contributed by atoms with Crippen molar-refractivity contribution in [1.29, 1.82) is 0 Å². The first kappa shape index (κ1) is 9.45. The average molecular weight is 256 g/mol. The number of halogens is 1. The zero-order chi connectivity index (χ0) is 10.1. The molecule has 0 atom stereocenters. The molecule has 4 nitrogen and oxygen atoms in total. The smallest absolute Gasteiger partial charge is 0.170 e. The molecule has 0 N–H and O–H groups in total. The fourth-order valence-electron chi connectivity index (χ4n) is 1.34. The first-order valence-electron chi connectivity index (χ1n) is 4.23. The Morgan fingerprint density at radius 2 is 2.36 bits per heavy atom. The predicted molar refractivity (Wildman–Crippen MR) is 56.1 cm³/mol. The second-order valence-corrected chi connectivity index (χ2v) is 3.68. The van der Waals surface area contributed by atoms with Gasteiger partial charge in [0.25, 0.3) is 0 Å². The molecule has 74 valence electrons. The largest absolute Gasteiger partial charge is 0.356 e. The summed E-state index contributed by atoms with van der Waals surface area (Å²) in [6.45, 7) is 1.95. The number of aryl methyl sites for hydroxylation is 2. The van der Waals surface area contributed by atoms with Crippen molar-refractivity contribution in [2.24, 2.45) is 7.05 Å². The molecule has 0 radical (unpaired) electrons. The third-order valence-electron chi connectivity index (χ3n) is 1.97. The van der Waals surface area contributed by atoms with E-state index in [1.54, 1.807) is 4.68 Å². The summed E-state index contributed by atoms with van der Waals surface area (Å²) in [5.74, 6) is 0.769. The van der Waals surface area contributed by atoms with Crippen LogP contribution in [0.15, 0.2) is 16.8 Å². The predicted octanol–water partition coefficient (Wildman–Crippen LogP) is 2.28. The van der Waals surface area contributed by atoms with Gasteiger partial charge in [0, 0.05) is 24.6 Å². The Hall–Kier alpha value is -1.10. The Morgan fingerprint density at radius 3 is 2.86 bits per heavy atom. The van der Waals surface area contributed by atoms with Crippen molar-refractivity contribution >= 4 is 15.9 Å². The average Bonchev–Trinajstić information content (AvgIpc) is 2.71. The van der Waals surface area contributed by atoms with Gasteiger partial charge in [-0.05, 0) is 6.92 Å². The lowest BCUT2D eigenvalue weighted by Gasteiger charge is -1.87. The van der Waals surface area contributed by atoms with Gasteiger partial charge in [0.15, 0.2) is 5.76 Å². The van der Waals surface area contributed by atoms with Crippen molar-refractivity contribution in [3.8, 4) is 11.3 Å². The van der Waals surface area contributed by atoms with Crippen LogP contribution in [-0.2, 0) is 12.4 Å². The number of aromatic nitrogens is 3. The van der Waals surface area contributed by atoms with Crippen LogP contribution >= 0.6 is 15.9 Å². The van der Waals surface area contributed by atoms with Crippen LogP contribution in [-0.4, -0.2) is 14.9 Å². The minimum absolute atomic E-state index is 0.704. The molecule has 14 heavy (non-hydrogen) atoms. The number of rotatable bonds is 2. The fourth-order valence-corrected chi connectivity index (χ4v) is 1.61. The molecule has 2 heterocycles. The minimum Gasteiger partial charge on any atom is -0.356 e. The van der Waals surface area contributed by atoms with E-state index in [1.165, 1.54) is 0 Å². The third-order valence-corrected chi connectivity index (χ3v) is 2.55. The monoisotopic (exact) mass is 255 g/mol. The summed E-state index contributed by atoms with van der Waals surface area (Å²) in [5, 5.41) is 8.85. The van der Waals surface area contributed by atoms with Crippen LogP contribution in [0.4, 0.5) is 0 Å². The van der Waals surface area contributed by atoms with Gasteiger partial charge in [0.05, 0.1) is 17.0 Å². The van der Waals surface area contributed by atoms with Crippen molar-refractivity contribution in [1.82, 2.24) is 14.9 Å². The van der Waals surface area contributed by atoms with Gasteiger partial charge in [0.2, 0.25) is 0 Å². The molecule has 0 fully saturated rings. The molecular formula is C9H10BrN3O. The lowest BCUT2D eigenvalue weighted by atomic mass is 10.2. The number of hydrogen-bond donors (Lipinski definition) is 0. The van der Waals surface area contributed by atoms with Gasteiger partial charge in [-0.3, -0.25) is 4.68 Å². The van der Waals surface area contributed by atoms with Crippen molar-refractivity contribution in [3.63, 3.8) is 0 Å². The van der Waals surface area contributed by atoms with Crippen molar-refractivity contribution in [3.05, 3.63) is 23.7 Å². The lowest BCUT2D eigenvalue weighted by Crippen LogP contribution is -1.86. The van der Waals surface area contributed by atoms with E-state index in [0.717, 1.165) is 22.7 Å². The second kappa shape index (κ2) is 3.57. The van der Waals surface area contributed by atoms with E-state index in [2.05, 4.69) is 26.2 Å². The molecule has 0 saturated heterocycles. The Morgan fingerprint density at radius 1 is 1.57 bits per heavy atom. The van der Waals surface area contributed by atoms with Crippen LogP contribution < -0.4 is 0 Å². The highest BCUT2D eigenvalue weighted by atomic mass is 79.9. The number of hydrogen-bond acceptors (Lipinski definition) is 3. The molecule has 0 aliphatic rings. The normalized spacial score (nSPS) is 10.8. The molecule has 0 unspecified atom stereocenters. The second-order valence-electron chi connectivity index (χ2n) is 3.12. The Kier molecular flexibility index (Phi) is 2.41. The topological polar surface area (TPSA) is 43.9 Å². The van der Waals surface area contributed by atoms with Crippen molar-refractivity contribution < 1.29 is 4.52 Å². The van der Waals surface area contributed by atoms with E-state index >= 15 is 0 Å². The standard InChI is InChI=1S/C9H10BrN3O/c1-6-8(5-13(2)11-6)9-3-7(4-10)12-14-9/h3,5H,4H2,1-2H3. The van der Waals surface area contributed by atoms with Gasteiger partial charge in [-0.2, -0.15) is 5.10 Å². The van der Waals surface area contributed by atoms with E-state index in [4.69, 9.17) is 4.52 Å². The van der Waals surface area contributed by atoms with Gasteiger partial charge in [-0.15, -0.1) is 0 Å². The highest BCUT2D eigenvalue weighted by Crippen LogP contribution is 2.23. The van der Waals surface area contributed by atoms with Crippen molar-refractivity contribution in [2.45, 2.75) is 12.3 Å². The van der Waals surface area contributed by atoms with Gasteiger partial charge < -0.3 is 4.52 Å². The highest BCUT2D eigenvalue weighted by Gasteiger charge is 2.11. The number of alkyl halides is 1.